The largest absolute Gasteiger partial charge is 0.355 e. The first-order chi connectivity index (χ1) is 9.72. The molecular formula is C16H28N4. The molecule has 1 atom stereocenters. The van der Waals surface area contributed by atoms with Crippen LogP contribution in [-0.4, -0.2) is 35.6 Å². The van der Waals surface area contributed by atoms with E-state index >= 15 is 0 Å². The average Bonchev–Trinajstić information content (AvgIpc) is 2.47. The number of aryl methyl sites for hydroxylation is 2. The Morgan fingerprint density at radius 1 is 1.30 bits per heavy atom. The van der Waals surface area contributed by atoms with Crippen LogP contribution in [0.4, 0.5) is 5.82 Å². The summed E-state index contributed by atoms with van der Waals surface area (Å²) in [5.41, 5.74) is 1.14. The van der Waals surface area contributed by atoms with Crippen molar-refractivity contribution >= 4 is 5.82 Å². The van der Waals surface area contributed by atoms with E-state index in [9.17, 15) is 0 Å². The second kappa shape index (κ2) is 7.58. The van der Waals surface area contributed by atoms with Gasteiger partial charge in [-0.05, 0) is 39.2 Å². The molecule has 2 heterocycles. The lowest BCUT2D eigenvalue weighted by Crippen LogP contribution is -2.44. The fourth-order valence-corrected chi connectivity index (χ4v) is 2.87. The fraction of sp³-hybridized carbons (Fsp3) is 0.750. The van der Waals surface area contributed by atoms with Crippen molar-refractivity contribution in [2.24, 2.45) is 0 Å². The van der Waals surface area contributed by atoms with E-state index in [-0.39, 0.29) is 0 Å². The van der Waals surface area contributed by atoms with Crippen molar-refractivity contribution < 1.29 is 0 Å². The average molecular weight is 276 g/mol. The summed E-state index contributed by atoms with van der Waals surface area (Å²) in [6.07, 6.45) is 6.07. The number of rotatable bonds is 6. The standard InChI is InChI=1S/C16H28N4/c1-4-10-20(12-15-8-6-7-9-17-15)16-11-14(5-2)18-13(3)19-16/h11,15,17H,4-10,12H2,1-3H3. The molecule has 0 bridgehead atoms. The topological polar surface area (TPSA) is 41.0 Å². The van der Waals surface area contributed by atoms with Gasteiger partial charge >= 0.3 is 0 Å². The van der Waals surface area contributed by atoms with Crippen LogP contribution in [0.3, 0.4) is 0 Å². The van der Waals surface area contributed by atoms with Crippen LogP contribution in [0, 0.1) is 6.92 Å². The fourth-order valence-electron chi connectivity index (χ4n) is 2.87. The van der Waals surface area contributed by atoms with Crippen LogP contribution in [0.25, 0.3) is 0 Å². The maximum Gasteiger partial charge on any atom is 0.132 e. The molecule has 112 valence electrons. The van der Waals surface area contributed by atoms with Crippen LogP contribution in [0.1, 0.15) is 51.0 Å². The minimum atomic E-state index is 0.607. The van der Waals surface area contributed by atoms with Crippen LogP contribution in [0.2, 0.25) is 0 Å². The van der Waals surface area contributed by atoms with E-state index < -0.39 is 0 Å². The molecule has 4 nitrogen and oxygen atoms in total. The molecule has 0 aliphatic carbocycles. The van der Waals surface area contributed by atoms with Gasteiger partial charge in [-0.15, -0.1) is 0 Å². The van der Waals surface area contributed by atoms with Crippen LogP contribution in [0.15, 0.2) is 6.07 Å². The molecule has 0 amide bonds. The molecule has 1 aliphatic rings. The second-order valence-electron chi connectivity index (χ2n) is 5.71. The van der Waals surface area contributed by atoms with E-state index in [2.05, 4.69) is 40.1 Å². The van der Waals surface area contributed by atoms with Gasteiger partial charge in [0.25, 0.3) is 0 Å². The zero-order valence-corrected chi connectivity index (χ0v) is 13.2. The van der Waals surface area contributed by atoms with Crippen molar-refractivity contribution in [2.45, 2.75) is 58.9 Å². The summed E-state index contributed by atoms with van der Waals surface area (Å²) < 4.78 is 0. The third kappa shape index (κ3) is 4.17. The minimum absolute atomic E-state index is 0.607. The van der Waals surface area contributed by atoms with Crippen LogP contribution in [-0.2, 0) is 6.42 Å². The third-order valence-electron chi connectivity index (χ3n) is 3.91. The van der Waals surface area contributed by atoms with Crippen molar-refractivity contribution in [3.05, 3.63) is 17.6 Å². The Bertz CT molecular complexity index is 413. The number of piperidine rings is 1. The number of nitrogens with one attached hydrogen (secondary N) is 1. The number of hydrogen-bond acceptors (Lipinski definition) is 4. The van der Waals surface area contributed by atoms with Gasteiger partial charge in [0.2, 0.25) is 0 Å². The number of anilines is 1. The van der Waals surface area contributed by atoms with Crippen LogP contribution >= 0.6 is 0 Å². The Morgan fingerprint density at radius 2 is 2.15 bits per heavy atom. The molecule has 0 spiro atoms. The van der Waals surface area contributed by atoms with Gasteiger partial charge in [-0.3, -0.25) is 0 Å². The number of hydrogen-bond donors (Lipinski definition) is 1. The molecule has 20 heavy (non-hydrogen) atoms. The van der Waals surface area contributed by atoms with Crippen molar-refractivity contribution in [3.63, 3.8) is 0 Å². The predicted octanol–water partition coefficient (Wildman–Crippen LogP) is 2.71. The molecule has 4 heteroatoms. The quantitative estimate of drug-likeness (QED) is 0.867. The molecular weight excluding hydrogens is 248 g/mol. The SMILES string of the molecule is CCCN(CC1CCCCN1)c1cc(CC)nc(C)n1. The number of aromatic nitrogens is 2. The van der Waals surface area contributed by atoms with Crippen LogP contribution < -0.4 is 10.2 Å². The van der Waals surface area contributed by atoms with E-state index in [1.54, 1.807) is 0 Å². The zero-order valence-electron chi connectivity index (χ0n) is 13.2. The summed E-state index contributed by atoms with van der Waals surface area (Å²) in [6.45, 7) is 9.67. The summed E-state index contributed by atoms with van der Waals surface area (Å²) in [7, 11) is 0. The second-order valence-corrected chi connectivity index (χ2v) is 5.71. The van der Waals surface area contributed by atoms with Crippen molar-refractivity contribution in [1.29, 1.82) is 0 Å². The van der Waals surface area contributed by atoms with E-state index in [1.165, 1.54) is 19.3 Å². The molecule has 1 N–H and O–H groups in total. The lowest BCUT2D eigenvalue weighted by atomic mass is 10.0. The zero-order chi connectivity index (χ0) is 14.4. The first-order valence-electron chi connectivity index (χ1n) is 8.05. The summed E-state index contributed by atoms with van der Waals surface area (Å²) >= 11 is 0. The molecule has 1 aromatic rings. The molecule has 0 aromatic carbocycles. The predicted molar refractivity (Wildman–Crippen MR) is 84.3 cm³/mol. The van der Waals surface area contributed by atoms with E-state index in [4.69, 9.17) is 0 Å². The van der Waals surface area contributed by atoms with Gasteiger partial charge in [0.15, 0.2) is 0 Å². The van der Waals surface area contributed by atoms with Crippen LogP contribution in [0.5, 0.6) is 0 Å². The summed E-state index contributed by atoms with van der Waals surface area (Å²) in [6, 6.07) is 2.77. The Labute approximate surface area is 123 Å². The van der Waals surface area contributed by atoms with Gasteiger partial charge in [0, 0.05) is 30.9 Å². The first kappa shape index (κ1) is 15.2. The summed E-state index contributed by atoms with van der Waals surface area (Å²) in [5, 5.41) is 3.64. The van der Waals surface area contributed by atoms with E-state index in [1.807, 2.05) is 6.92 Å². The van der Waals surface area contributed by atoms with E-state index in [0.29, 0.717) is 6.04 Å². The molecule has 1 saturated heterocycles. The highest BCUT2D eigenvalue weighted by Gasteiger charge is 2.18. The van der Waals surface area contributed by atoms with Gasteiger partial charge in [-0.2, -0.15) is 0 Å². The van der Waals surface area contributed by atoms with Gasteiger partial charge in [0.1, 0.15) is 11.6 Å². The van der Waals surface area contributed by atoms with Gasteiger partial charge in [-0.25, -0.2) is 9.97 Å². The Morgan fingerprint density at radius 3 is 2.80 bits per heavy atom. The molecule has 1 aliphatic heterocycles. The minimum Gasteiger partial charge on any atom is -0.355 e. The molecule has 2 rings (SSSR count). The number of nitrogens with zero attached hydrogens (tertiary/aromatic N) is 3. The molecule has 0 radical (unpaired) electrons. The maximum absolute atomic E-state index is 4.65. The highest BCUT2D eigenvalue weighted by Crippen LogP contribution is 2.17. The van der Waals surface area contributed by atoms with Gasteiger partial charge in [0.05, 0.1) is 0 Å². The van der Waals surface area contributed by atoms with Gasteiger partial charge < -0.3 is 10.2 Å². The molecule has 1 aromatic heterocycles. The normalized spacial score (nSPS) is 19.1. The molecule has 0 saturated carbocycles. The van der Waals surface area contributed by atoms with Crippen molar-refractivity contribution in [2.75, 3.05) is 24.5 Å². The monoisotopic (exact) mass is 276 g/mol. The highest BCUT2D eigenvalue weighted by molar-refractivity contribution is 5.40. The molecule has 1 unspecified atom stereocenters. The third-order valence-corrected chi connectivity index (χ3v) is 3.91. The van der Waals surface area contributed by atoms with Gasteiger partial charge in [-0.1, -0.05) is 20.3 Å². The van der Waals surface area contributed by atoms with E-state index in [0.717, 1.165) is 49.8 Å². The maximum atomic E-state index is 4.65. The lowest BCUT2D eigenvalue weighted by molar-refractivity contribution is 0.398. The first-order valence-corrected chi connectivity index (χ1v) is 8.05. The Kier molecular flexibility index (Phi) is 5.77. The smallest absolute Gasteiger partial charge is 0.132 e. The highest BCUT2D eigenvalue weighted by atomic mass is 15.2. The Balaban J connectivity index is 2.12. The van der Waals surface area contributed by atoms with Crippen molar-refractivity contribution in [3.8, 4) is 0 Å². The van der Waals surface area contributed by atoms with Crippen molar-refractivity contribution in [1.82, 2.24) is 15.3 Å². The molecule has 1 fully saturated rings. The summed E-state index contributed by atoms with van der Waals surface area (Å²) in [5.74, 6) is 1.99. The lowest BCUT2D eigenvalue weighted by Gasteiger charge is -2.31. The Hall–Kier alpha value is -1.16. The summed E-state index contributed by atoms with van der Waals surface area (Å²) in [4.78, 5) is 11.6.